The third-order valence-corrected chi connectivity index (χ3v) is 6.14. The lowest BCUT2D eigenvalue weighted by molar-refractivity contribution is 0.0383. The predicted molar refractivity (Wildman–Crippen MR) is 116 cm³/mol. The minimum absolute atomic E-state index is 0.499. The highest BCUT2D eigenvalue weighted by atomic mass is 16.3. The SMILES string of the molecule is Cc1ccc2c(c1)c1c(n2CC(C)(O)c2cnc3ncccc3c2)CCN(C)C1. The predicted octanol–water partition coefficient (Wildman–Crippen LogP) is 3.79. The Kier molecular flexibility index (Phi) is 4.19. The summed E-state index contributed by atoms with van der Waals surface area (Å²) in [5.41, 5.74) is 5.69. The van der Waals surface area contributed by atoms with Gasteiger partial charge in [0, 0.05) is 59.5 Å². The van der Waals surface area contributed by atoms with Crippen LogP contribution in [0.5, 0.6) is 0 Å². The van der Waals surface area contributed by atoms with Crippen LogP contribution in [0.25, 0.3) is 21.9 Å². The minimum atomic E-state index is -1.04. The lowest BCUT2D eigenvalue weighted by atomic mass is 9.96. The Bertz CT molecular complexity index is 1220. The molecule has 4 aromatic rings. The van der Waals surface area contributed by atoms with Crippen LogP contribution in [-0.4, -0.2) is 38.1 Å². The van der Waals surface area contributed by atoms with Crippen LogP contribution < -0.4 is 0 Å². The summed E-state index contributed by atoms with van der Waals surface area (Å²) in [7, 11) is 2.17. The van der Waals surface area contributed by atoms with Gasteiger partial charge in [0.2, 0.25) is 0 Å². The zero-order valence-electron chi connectivity index (χ0n) is 17.2. The average Bonchev–Trinajstić information content (AvgIpc) is 2.99. The Labute approximate surface area is 170 Å². The molecule has 0 bridgehead atoms. The Morgan fingerprint density at radius 2 is 2.03 bits per heavy atom. The number of hydrogen-bond acceptors (Lipinski definition) is 4. The molecule has 0 amide bonds. The van der Waals surface area contributed by atoms with E-state index >= 15 is 0 Å². The maximum Gasteiger partial charge on any atom is 0.159 e. The first-order chi connectivity index (χ1) is 13.9. The first-order valence-electron chi connectivity index (χ1n) is 10.2. The minimum Gasteiger partial charge on any atom is -0.384 e. The van der Waals surface area contributed by atoms with E-state index in [0.717, 1.165) is 30.5 Å². The van der Waals surface area contributed by atoms with E-state index in [1.807, 2.05) is 25.1 Å². The summed E-state index contributed by atoms with van der Waals surface area (Å²) in [4.78, 5) is 11.1. The second-order valence-electron chi connectivity index (χ2n) is 8.57. The highest BCUT2D eigenvalue weighted by Gasteiger charge is 2.29. The van der Waals surface area contributed by atoms with E-state index in [0.29, 0.717) is 12.2 Å². The molecule has 1 N–H and O–H groups in total. The largest absolute Gasteiger partial charge is 0.384 e. The molecule has 4 heterocycles. The topological polar surface area (TPSA) is 54.2 Å². The van der Waals surface area contributed by atoms with Crippen LogP contribution in [0.15, 0.2) is 48.8 Å². The summed E-state index contributed by atoms with van der Waals surface area (Å²) in [6.07, 6.45) is 4.49. The van der Waals surface area contributed by atoms with Crippen LogP contribution in [0.3, 0.4) is 0 Å². The fourth-order valence-corrected chi connectivity index (χ4v) is 4.54. The zero-order chi connectivity index (χ0) is 20.2. The smallest absolute Gasteiger partial charge is 0.159 e. The number of aromatic nitrogens is 3. The molecule has 0 saturated heterocycles. The van der Waals surface area contributed by atoms with Crippen molar-refractivity contribution in [2.75, 3.05) is 13.6 Å². The lowest BCUT2D eigenvalue weighted by Gasteiger charge is -2.28. The highest BCUT2D eigenvalue weighted by Crippen LogP contribution is 2.34. The molecule has 0 aliphatic carbocycles. The van der Waals surface area contributed by atoms with E-state index in [-0.39, 0.29) is 0 Å². The van der Waals surface area contributed by atoms with Gasteiger partial charge in [-0.1, -0.05) is 11.6 Å². The van der Waals surface area contributed by atoms with Crippen molar-refractivity contribution in [3.8, 4) is 0 Å². The maximum atomic E-state index is 11.5. The summed E-state index contributed by atoms with van der Waals surface area (Å²) < 4.78 is 2.32. The van der Waals surface area contributed by atoms with Gasteiger partial charge in [0.25, 0.3) is 0 Å². The van der Waals surface area contributed by atoms with Gasteiger partial charge in [0.15, 0.2) is 5.65 Å². The molecule has 1 aliphatic rings. The molecule has 0 radical (unpaired) electrons. The van der Waals surface area contributed by atoms with Gasteiger partial charge in [0.05, 0.1) is 6.54 Å². The molecule has 1 unspecified atom stereocenters. The summed E-state index contributed by atoms with van der Waals surface area (Å²) >= 11 is 0. The van der Waals surface area contributed by atoms with Crippen LogP contribution in [0.4, 0.5) is 0 Å². The van der Waals surface area contributed by atoms with Gasteiger partial charge in [-0.25, -0.2) is 9.97 Å². The molecule has 5 heteroatoms. The van der Waals surface area contributed by atoms with Crippen LogP contribution in [0.2, 0.25) is 0 Å². The first kappa shape index (κ1) is 18.3. The van der Waals surface area contributed by atoms with Crippen LogP contribution in [-0.2, 0) is 25.1 Å². The average molecular weight is 386 g/mol. The zero-order valence-corrected chi connectivity index (χ0v) is 17.2. The number of likely N-dealkylation sites (N-methyl/N-ethyl adjacent to an activating group) is 1. The van der Waals surface area contributed by atoms with Crippen molar-refractivity contribution in [2.24, 2.45) is 0 Å². The Morgan fingerprint density at radius 1 is 1.17 bits per heavy atom. The molecule has 0 fully saturated rings. The summed E-state index contributed by atoms with van der Waals surface area (Å²) in [5, 5.41) is 13.7. The molecule has 1 aliphatic heterocycles. The fraction of sp³-hybridized carbons (Fsp3) is 0.333. The third-order valence-electron chi connectivity index (χ3n) is 6.14. The monoisotopic (exact) mass is 386 g/mol. The first-order valence-corrected chi connectivity index (χ1v) is 10.2. The fourth-order valence-electron chi connectivity index (χ4n) is 4.54. The van der Waals surface area contributed by atoms with Gasteiger partial charge in [-0.2, -0.15) is 0 Å². The van der Waals surface area contributed by atoms with E-state index in [1.165, 1.54) is 27.7 Å². The van der Waals surface area contributed by atoms with Crippen molar-refractivity contribution in [1.29, 1.82) is 0 Å². The summed E-state index contributed by atoms with van der Waals surface area (Å²) in [5.74, 6) is 0. The standard InChI is InChI=1S/C24H26N4O/c1-16-6-7-21-19(11-16)20-14-27(3)10-8-22(20)28(21)15-24(2,29)18-12-17-5-4-9-25-23(17)26-13-18/h4-7,9,11-13,29H,8,10,14-15H2,1-3H3. The number of fused-ring (bicyclic) bond motifs is 4. The second-order valence-corrected chi connectivity index (χ2v) is 8.57. The van der Waals surface area contributed by atoms with Gasteiger partial charge in [0.1, 0.15) is 5.60 Å². The highest BCUT2D eigenvalue weighted by molar-refractivity contribution is 5.86. The maximum absolute atomic E-state index is 11.5. The van der Waals surface area contributed by atoms with E-state index in [4.69, 9.17) is 0 Å². The molecular weight excluding hydrogens is 360 g/mol. The second kappa shape index (κ2) is 6.65. The Hall–Kier alpha value is -2.76. The molecule has 0 saturated carbocycles. The molecule has 148 valence electrons. The summed E-state index contributed by atoms with van der Waals surface area (Å²) in [6.45, 7) is 6.51. The van der Waals surface area contributed by atoms with Gasteiger partial charge in [-0.15, -0.1) is 0 Å². The Balaban J connectivity index is 1.62. The molecule has 0 spiro atoms. The quantitative estimate of drug-likeness (QED) is 0.582. The van der Waals surface area contributed by atoms with E-state index in [1.54, 1.807) is 12.4 Å². The number of nitrogens with zero attached hydrogens (tertiary/aromatic N) is 4. The molecule has 1 atom stereocenters. The molecule has 29 heavy (non-hydrogen) atoms. The van der Waals surface area contributed by atoms with Crippen LogP contribution in [0.1, 0.15) is 29.3 Å². The number of aliphatic hydroxyl groups is 1. The van der Waals surface area contributed by atoms with Gasteiger partial charge >= 0.3 is 0 Å². The van der Waals surface area contributed by atoms with Gasteiger partial charge < -0.3 is 14.6 Å². The van der Waals surface area contributed by atoms with E-state index < -0.39 is 5.60 Å². The number of hydrogen-bond donors (Lipinski definition) is 1. The van der Waals surface area contributed by atoms with E-state index in [2.05, 4.69) is 51.6 Å². The molecular formula is C24H26N4O. The third kappa shape index (κ3) is 3.11. The number of rotatable bonds is 3. The van der Waals surface area contributed by atoms with Crippen molar-refractivity contribution >= 4 is 21.9 Å². The lowest BCUT2D eigenvalue weighted by Crippen LogP contribution is -2.31. The molecule has 5 nitrogen and oxygen atoms in total. The van der Waals surface area contributed by atoms with Gasteiger partial charge in [-0.05, 0) is 56.8 Å². The Morgan fingerprint density at radius 3 is 2.90 bits per heavy atom. The summed E-state index contributed by atoms with van der Waals surface area (Å²) in [6, 6.07) is 12.5. The number of aryl methyl sites for hydroxylation is 1. The van der Waals surface area contributed by atoms with Crippen molar-refractivity contribution in [3.05, 3.63) is 71.2 Å². The number of benzene rings is 1. The van der Waals surface area contributed by atoms with Crippen molar-refractivity contribution in [2.45, 2.75) is 39.0 Å². The van der Waals surface area contributed by atoms with Crippen molar-refractivity contribution < 1.29 is 5.11 Å². The molecule has 1 aromatic carbocycles. The molecule has 5 rings (SSSR count). The normalized spacial score (nSPS) is 16.8. The molecule has 3 aromatic heterocycles. The van der Waals surface area contributed by atoms with Crippen molar-refractivity contribution in [3.63, 3.8) is 0 Å². The number of pyridine rings is 2. The van der Waals surface area contributed by atoms with Crippen molar-refractivity contribution in [1.82, 2.24) is 19.4 Å². The van der Waals surface area contributed by atoms with E-state index in [9.17, 15) is 5.11 Å². The van der Waals surface area contributed by atoms with Gasteiger partial charge in [-0.3, -0.25) is 0 Å². The van der Waals surface area contributed by atoms with Crippen LogP contribution in [0, 0.1) is 6.92 Å². The van der Waals surface area contributed by atoms with Crippen LogP contribution >= 0.6 is 0 Å².